The van der Waals surface area contributed by atoms with Crippen LogP contribution in [0, 0.1) is 5.82 Å². The summed E-state index contributed by atoms with van der Waals surface area (Å²) in [5.41, 5.74) is 9.99. The first-order valence-electron chi connectivity index (χ1n) is 11.6. The molecule has 14 heteroatoms. The lowest BCUT2D eigenvalue weighted by molar-refractivity contribution is 0.0947. The molecule has 5 rings (SSSR count). The third-order valence-electron chi connectivity index (χ3n) is 5.63. The van der Waals surface area contributed by atoms with E-state index in [0.29, 0.717) is 22.6 Å². The van der Waals surface area contributed by atoms with Crippen molar-refractivity contribution in [3.63, 3.8) is 0 Å². The maximum absolute atomic E-state index is 14.1. The summed E-state index contributed by atoms with van der Waals surface area (Å²) in [6, 6.07) is 18.3. The van der Waals surface area contributed by atoms with E-state index >= 15 is 0 Å². The summed E-state index contributed by atoms with van der Waals surface area (Å²) >= 11 is 6.08. The number of amides is 1. The van der Waals surface area contributed by atoms with Crippen molar-refractivity contribution in [2.75, 3.05) is 12.8 Å². The van der Waals surface area contributed by atoms with Gasteiger partial charge in [0.1, 0.15) is 18.1 Å². The molecule has 40 heavy (non-hydrogen) atoms. The third-order valence-corrected chi connectivity index (χ3v) is 5.98. The first kappa shape index (κ1) is 26.3. The molecular formula is C26H20ClFN8O4. The van der Waals surface area contributed by atoms with Crippen molar-refractivity contribution < 1.29 is 23.3 Å². The van der Waals surface area contributed by atoms with Gasteiger partial charge in [0.25, 0.3) is 5.91 Å². The molecule has 0 aliphatic carbocycles. The zero-order chi connectivity index (χ0) is 28.1. The fourth-order valence-corrected chi connectivity index (χ4v) is 3.90. The Morgan fingerprint density at radius 3 is 2.70 bits per heavy atom. The quantitative estimate of drug-likeness (QED) is 0.200. The normalized spacial score (nSPS) is 11.1. The van der Waals surface area contributed by atoms with E-state index in [1.807, 2.05) is 6.07 Å². The minimum Gasteiger partial charge on any atom is -0.493 e. The van der Waals surface area contributed by atoms with E-state index in [4.69, 9.17) is 26.8 Å². The highest BCUT2D eigenvalue weighted by Crippen LogP contribution is 2.30. The summed E-state index contributed by atoms with van der Waals surface area (Å²) < 4.78 is 31.0. The van der Waals surface area contributed by atoms with Crippen LogP contribution < -0.4 is 20.6 Å². The van der Waals surface area contributed by atoms with Crippen molar-refractivity contribution in [2.45, 2.75) is 6.61 Å². The largest absolute Gasteiger partial charge is 0.493 e. The summed E-state index contributed by atoms with van der Waals surface area (Å²) in [4.78, 5) is 13.2. The molecule has 0 fully saturated rings. The SMILES string of the molecule is COc1cc(C=NNC(=O)c2c(-c3ccccc3)nnn2-c2nonc2N)ccc1OCc1c(F)cccc1Cl. The molecule has 202 valence electrons. The second kappa shape index (κ2) is 11.6. The second-order valence-corrected chi connectivity index (χ2v) is 8.54. The Balaban J connectivity index is 1.35. The number of hydrogen-bond donors (Lipinski definition) is 2. The highest BCUT2D eigenvalue weighted by molar-refractivity contribution is 6.31. The number of benzene rings is 3. The van der Waals surface area contributed by atoms with Crippen molar-refractivity contribution >= 4 is 29.5 Å². The van der Waals surface area contributed by atoms with E-state index in [0.717, 1.165) is 4.68 Å². The first-order valence-corrected chi connectivity index (χ1v) is 12.0. The van der Waals surface area contributed by atoms with E-state index in [1.165, 1.54) is 25.5 Å². The Kier molecular flexibility index (Phi) is 7.64. The number of halogens is 2. The summed E-state index contributed by atoms with van der Waals surface area (Å²) in [7, 11) is 1.46. The van der Waals surface area contributed by atoms with Gasteiger partial charge in [-0.3, -0.25) is 4.79 Å². The van der Waals surface area contributed by atoms with Crippen molar-refractivity contribution in [1.29, 1.82) is 0 Å². The van der Waals surface area contributed by atoms with Crippen LogP contribution in [0.4, 0.5) is 10.2 Å². The van der Waals surface area contributed by atoms with Gasteiger partial charge >= 0.3 is 0 Å². The standard InChI is InChI=1S/C26H20ClFN8O4/c1-38-21-12-15(10-11-20(21)39-14-17-18(27)8-5-9-19(17)28)13-30-32-26(37)23-22(16-6-3-2-4-7-16)31-35-36(23)25-24(29)33-40-34-25/h2-13H,14H2,1H3,(H2,29,33)(H,32,37). The summed E-state index contributed by atoms with van der Waals surface area (Å²) in [6.45, 7) is -0.0949. The Morgan fingerprint density at radius 2 is 1.98 bits per heavy atom. The fraction of sp³-hybridized carbons (Fsp3) is 0.0769. The number of hydrazone groups is 1. The molecule has 5 aromatic rings. The number of methoxy groups -OCH3 is 1. The van der Waals surface area contributed by atoms with Crippen LogP contribution in [-0.2, 0) is 6.61 Å². The number of carbonyl (C=O) groups is 1. The third kappa shape index (κ3) is 5.44. The zero-order valence-corrected chi connectivity index (χ0v) is 21.5. The van der Waals surface area contributed by atoms with E-state index in [-0.39, 0.29) is 40.2 Å². The van der Waals surface area contributed by atoms with E-state index in [9.17, 15) is 9.18 Å². The molecule has 0 radical (unpaired) electrons. The number of anilines is 1. The lowest BCUT2D eigenvalue weighted by Gasteiger charge is -2.12. The van der Waals surface area contributed by atoms with E-state index in [2.05, 4.69) is 35.8 Å². The van der Waals surface area contributed by atoms with Gasteiger partial charge in [0, 0.05) is 11.1 Å². The number of hydrogen-bond acceptors (Lipinski definition) is 10. The Bertz CT molecular complexity index is 1670. The van der Waals surface area contributed by atoms with Crippen LogP contribution in [0.2, 0.25) is 5.02 Å². The minimum absolute atomic E-state index is 0.000748. The molecule has 0 saturated carbocycles. The molecule has 0 atom stereocenters. The van der Waals surface area contributed by atoms with Gasteiger partial charge in [0.2, 0.25) is 11.6 Å². The number of nitrogen functional groups attached to an aromatic ring is 1. The molecule has 2 aromatic heterocycles. The lowest BCUT2D eigenvalue weighted by atomic mass is 10.1. The topological polar surface area (TPSA) is 156 Å². The van der Waals surface area contributed by atoms with Gasteiger partial charge in [-0.15, -0.1) is 5.10 Å². The van der Waals surface area contributed by atoms with E-state index < -0.39 is 11.7 Å². The molecule has 2 heterocycles. The van der Waals surface area contributed by atoms with Crippen LogP contribution in [0.25, 0.3) is 17.1 Å². The van der Waals surface area contributed by atoms with Crippen LogP contribution in [0.1, 0.15) is 21.6 Å². The number of aromatic nitrogens is 5. The smallest absolute Gasteiger partial charge is 0.292 e. The van der Waals surface area contributed by atoms with Crippen LogP contribution in [0.5, 0.6) is 11.5 Å². The van der Waals surface area contributed by atoms with Crippen molar-refractivity contribution in [3.8, 4) is 28.6 Å². The van der Waals surface area contributed by atoms with Crippen LogP contribution >= 0.6 is 11.6 Å². The molecule has 3 N–H and O–H groups in total. The van der Waals surface area contributed by atoms with Crippen LogP contribution in [0.3, 0.4) is 0 Å². The predicted molar refractivity (Wildman–Crippen MR) is 143 cm³/mol. The fourth-order valence-electron chi connectivity index (χ4n) is 3.68. The number of nitrogens with zero attached hydrogens (tertiary/aromatic N) is 6. The number of carbonyl (C=O) groups excluding carboxylic acids is 1. The lowest BCUT2D eigenvalue weighted by Crippen LogP contribution is -2.22. The zero-order valence-electron chi connectivity index (χ0n) is 20.8. The van der Waals surface area contributed by atoms with Gasteiger partial charge in [0.15, 0.2) is 17.2 Å². The van der Waals surface area contributed by atoms with Crippen molar-refractivity contribution in [3.05, 3.63) is 94.4 Å². The van der Waals surface area contributed by atoms with Gasteiger partial charge in [-0.05, 0) is 46.2 Å². The van der Waals surface area contributed by atoms with Gasteiger partial charge < -0.3 is 15.2 Å². The average Bonchev–Trinajstić information content (AvgIpc) is 3.59. The average molecular weight is 563 g/mol. The summed E-state index contributed by atoms with van der Waals surface area (Å²) in [6.07, 6.45) is 1.40. The number of ether oxygens (including phenoxy) is 2. The highest BCUT2D eigenvalue weighted by Gasteiger charge is 2.25. The van der Waals surface area contributed by atoms with Crippen LogP contribution in [0.15, 0.2) is 76.5 Å². The van der Waals surface area contributed by atoms with E-state index in [1.54, 1.807) is 48.5 Å². The molecule has 12 nitrogen and oxygen atoms in total. The predicted octanol–water partition coefficient (Wildman–Crippen LogP) is 4.04. The monoisotopic (exact) mass is 562 g/mol. The molecule has 0 aliphatic heterocycles. The maximum atomic E-state index is 14.1. The highest BCUT2D eigenvalue weighted by atomic mass is 35.5. The van der Waals surface area contributed by atoms with Crippen LogP contribution in [-0.4, -0.2) is 44.5 Å². The second-order valence-electron chi connectivity index (χ2n) is 8.14. The van der Waals surface area contributed by atoms with Gasteiger partial charge in [-0.25, -0.2) is 14.4 Å². The van der Waals surface area contributed by atoms with Gasteiger partial charge in [-0.1, -0.05) is 53.2 Å². The molecule has 0 saturated heterocycles. The number of nitrogens with two attached hydrogens (primary N) is 1. The molecular weight excluding hydrogens is 543 g/mol. The Hall–Kier alpha value is -5.30. The number of rotatable bonds is 9. The maximum Gasteiger partial charge on any atom is 0.292 e. The molecule has 1 amide bonds. The number of nitrogens with one attached hydrogen (secondary N) is 1. The minimum atomic E-state index is -0.642. The Labute approximate surface area is 231 Å². The molecule has 3 aromatic carbocycles. The van der Waals surface area contributed by atoms with Gasteiger partial charge in [-0.2, -0.15) is 9.78 Å². The summed E-state index contributed by atoms with van der Waals surface area (Å²) in [5.74, 6) is -0.458. The van der Waals surface area contributed by atoms with Crippen molar-refractivity contribution in [2.24, 2.45) is 5.10 Å². The molecule has 0 unspecified atom stereocenters. The summed E-state index contributed by atoms with van der Waals surface area (Å²) in [5, 5.41) is 19.7. The molecule has 0 bridgehead atoms. The van der Waals surface area contributed by atoms with Crippen molar-refractivity contribution in [1.82, 2.24) is 30.7 Å². The molecule has 0 spiro atoms. The van der Waals surface area contributed by atoms with Gasteiger partial charge in [0.05, 0.1) is 18.3 Å². The first-order chi connectivity index (χ1) is 19.5. The molecule has 0 aliphatic rings. The Morgan fingerprint density at radius 1 is 1.15 bits per heavy atom.